The summed E-state index contributed by atoms with van der Waals surface area (Å²) >= 11 is 10.0. The molecule has 2 aromatic rings. The third-order valence-corrected chi connectivity index (χ3v) is 3.75. The second kappa shape index (κ2) is 4.46. The number of aromatic nitrogens is 2. The zero-order chi connectivity index (χ0) is 11.9. The average molecular weight is 413 g/mol. The van der Waals surface area contributed by atoms with Gasteiger partial charge in [0.1, 0.15) is 0 Å². The molecule has 0 amide bonds. The van der Waals surface area contributed by atoms with Gasteiger partial charge >= 0.3 is 11.1 Å². The normalized spacial score (nSPS) is 11.2. The monoisotopic (exact) mass is 410 g/mol. The molecule has 0 aliphatic heterocycles. The molecular formula is C9H5Br3N2O2. The molecule has 0 fully saturated rings. The molecule has 4 nitrogen and oxygen atoms in total. The maximum Gasteiger partial charge on any atom is 0.314 e. The van der Waals surface area contributed by atoms with Crippen LogP contribution >= 0.6 is 47.8 Å². The van der Waals surface area contributed by atoms with Crippen LogP contribution in [0.3, 0.4) is 0 Å². The first kappa shape index (κ1) is 12.1. The molecule has 0 aliphatic rings. The van der Waals surface area contributed by atoms with E-state index in [0.29, 0.717) is 11.0 Å². The molecule has 2 N–H and O–H groups in total. The first-order valence-corrected chi connectivity index (χ1v) is 6.86. The van der Waals surface area contributed by atoms with E-state index in [9.17, 15) is 9.59 Å². The molecule has 84 valence electrons. The van der Waals surface area contributed by atoms with Gasteiger partial charge in [-0.15, -0.1) is 0 Å². The number of fused-ring (bicyclic) bond motifs is 1. The summed E-state index contributed by atoms with van der Waals surface area (Å²) in [6, 6.07) is 3.65. The van der Waals surface area contributed by atoms with Crippen LogP contribution in [0.4, 0.5) is 0 Å². The van der Waals surface area contributed by atoms with E-state index < -0.39 is 11.1 Å². The van der Waals surface area contributed by atoms with Gasteiger partial charge < -0.3 is 9.97 Å². The van der Waals surface area contributed by atoms with Crippen molar-refractivity contribution in [1.82, 2.24) is 9.97 Å². The lowest BCUT2D eigenvalue weighted by Crippen LogP contribution is -2.29. The fraction of sp³-hybridized carbons (Fsp3) is 0.111. The summed E-state index contributed by atoms with van der Waals surface area (Å²) in [5.41, 5.74) is 0.689. The van der Waals surface area contributed by atoms with Gasteiger partial charge in [0.25, 0.3) is 0 Å². The Balaban J connectivity index is 2.99. The molecule has 16 heavy (non-hydrogen) atoms. The van der Waals surface area contributed by atoms with Crippen LogP contribution < -0.4 is 11.1 Å². The van der Waals surface area contributed by atoms with Crippen LogP contribution in [0, 0.1) is 0 Å². The van der Waals surface area contributed by atoms with E-state index in [1.807, 2.05) is 6.07 Å². The predicted molar refractivity (Wildman–Crippen MR) is 73.5 cm³/mol. The summed E-state index contributed by atoms with van der Waals surface area (Å²) in [6.45, 7) is 0. The second-order valence-electron chi connectivity index (χ2n) is 3.10. The summed E-state index contributed by atoms with van der Waals surface area (Å²) in [6.07, 6.45) is 0. The fourth-order valence-electron chi connectivity index (χ4n) is 1.37. The molecule has 0 spiro atoms. The highest BCUT2D eigenvalue weighted by Gasteiger charge is 2.12. The molecule has 2 rings (SSSR count). The highest BCUT2D eigenvalue weighted by molar-refractivity contribution is 9.24. The van der Waals surface area contributed by atoms with E-state index in [2.05, 4.69) is 57.8 Å². The SMILES string of the molecule is O=c1[nH]c2c(Br)ccc(C(Br)Br)c2[nH]c1=O. The van der Waals surface area contributed by atoms with Crippen molar-refractivity contribution in [3.05, 3.63) is 42.9 Å². The van der Waals surface area contributed by atoms with E-state index in [-0.39, 0.29) is 3.74 Å². The number of alkyl halides is 2. The summed E-state index contributed by atoms with van der Waals surface area (Å²) in [4.78, 5) is 27.6. The van der Waals surface area contributed by atoms with Gasteiger partial charge in [0.05, 0.1) is 14.8 Å². The van der Waals surface area contributed by atoms with Crippen molar-refractivity contribution in [2.45, 2.75) is 3.74 Å². The highest BCUT2D eigenvalue weighted by atomic mass is 79.9. The third-order valence-electron chi connectivity index (χ3n) is 2.11. The van der Waals surface area contributed by atoms with Crippen LogP contribution in [0.2, 0.25) is 0 Å². The minimum atomic E-state index is -0.661. The standard InChI is InChI=1S/C9H5Br3N2O2/c10-4-2-1-3(7(11)12)5-6(4)14-9(16)8(15)13-5/h1-2,7H,(H,13,15)(H,14,16). The maximum absolute atomic E-state index is 11.3. The first-order valence-electron chi connectivity index (χ1n) is 4.23. The number of hydrogen-bond donors (Lipinski definition) is 2. The lowest BCUT2D eigenvalue weighted by Gasteiger charge is -2.07. The number of hydrogen-bond acceptors (Lipinski definition) is 2. The van der Waals surface area contributed by atoms with Crippen LogP contribution in [-0.4, -0.2) is 9.97 Å². The lowest BCUT2D eigenvalue weighted by atomic mass is 10.2. The Morgan fingerprint density at radius 1 is 1.00 bits per heavy atom. The maximum atomic E-state index is 11.3. The summed E-state index contributed by atoms with van der Waals surface area (Å²) in [5, 5.41) is 0. The van der Waals surface area contributed by atoms with Gasteiger partial charge in [-0.25, -0.2) is 0 Å². The Hall–Kier alpha value is -0.400. The Labute approximate surface area is 115 Å². The third kappa shape index (κ3) is 2.03. The molecule has 1 heterocycles. The first-order chi connectivity index (χ1) is 7.50. The van der Waals surface area contributed by atoms with Crippen molar-refractivity contribution < 1.29 is 0 Å². The smallest absolute Gasteiger partial charge is 0.314 e. The average Bonchev–Trinajstić information content (AvgIpc) is 2.21. The van der Waals surface area contributed by atoms with Crippen molar-refractivity contribution in [3.63, 3.8) is 0 Å². The zero-order valence-corrected chi connectivity index (χ0v) is 12.4. The van der Waals surface area contributed by atoms with Crippen molar-refractivity contribution in [2.75, 3.05) is 0 Å². The van der Waals surface area contributed by atoms with Crippen LogP contribution in [0.15, 0.2) is 26.2 Å². The number of H-pyrrole nitrogens is 2. The van der Waals surface area contributed by atoms with E-state index in [1.165, 1.54) is 0 Å². The van der Waals surface area contributed by atoms with Crippen molar-refractivity contribution >= 4 is 58.8 Å². The topological polar surface area (TPSA) is 65.7 Å². The molecule has 7 heteroatoms. The molecule has 1 aromatic carbocycles. The van der Waals surface area contributed by atoms with Crippen LogP contribution in [0.25, 0.3) is 11.0 Å². The van der Waals surface area contributed by atoms with Gasteiger partial charge in [-0.05, 0) is 22.0 Å². The second-order valence-corrected chi connectivity index (χ2v) is 7.01. The van der Waals surface area contributed by atoms with Gasteiger partial charge in [0.15, 0.2) is 0 Å². The molecule has 0 radical (unpaired) electrons. The number of halogens is 3. The Morgan fingerprint density at radius 2 is 1.56 bits per heavy atom. The Bertz CT molecular complexity index is 660. The Kier molecular flexibility index (Phi) is 3.37. The molecular weight excluding hydrogens is 408 g/mol. The molecule has 0 atom stereocenters. The van der Waals surface area contributed by atoms with Crippen molar-refractivity contribution in [3.8, 4) is 0 Å². The van der Waals surface area contributed by atoms with Gasteiger partial charge in [0, 0.05) is 10.0 Å². The van der Waals surface area contributed by atoms with E-state index in [4.69, 9.17) is 0 Å². The minimum absolute atomic E-state index is 0.0999. The van der Waals surface area contributed by atoms with Crippen LogP contribution in [-0.2, 0) is 0 Å². The van der Waals surface area contributed by atoms with Crippen LogP contribution in [0.5, 0.6) is 0 Å². The van der Waals surface area contributed by atoms with E-state index >= 15 is 0 Å². The van der Waals surface area contributed by atoms with Crippen LogP contribution in [0.1, 0.15) is 9.30 Å². The number of rotatable bonds is 1. The fourth-order valence-corrected chi connectivity index (χ4v) is 2.57. The highest BCUT2D eigenvalue weighted by Crippen LogP contribution is 2.34. The van der Waals surface area contributed by atoms with E-state index in [1.54, 1.807) is 6.07 Å². The Morgan fingerprint density at radius 3 is 2.12 bits per heavy atom. The molecule has 0 aliphatic carbocycles. The summed E-state index contributed by atoms with van der Waals surface area (Å²) in [7, 11) is 0. The molecule has 0 unspecified atom stereocenters. The zero-order valence-electron chi connectivity index (χ0n) is 7.68. The van der Waals surface area contributed by atoms with Crippen molar-refractivity contribution in [1.29, 1.82) is 0 Å². The van der Waals surface area contributed by atoms with Gasteiger partial charge in [-0.3, -0.25) is 9.59 Å². The number of aromatic amines is 2. The molecule has 0 saturated carbocycles. The predicted octanol–water partition coefficient (Wildman–Crippen LogP) is 2.77. The number of nitrogens with one attached hydrogen (secondary N) is 2. The summed E-state index contributed by atoms with van der Waals surface area (Å²) in [5.74, 6) is 0. The number of benzene rings is 1. The van der Waals surface area contributed by atoms with Gasteiger partial charge in [-0.1, -0.05) is 37.9 Å². The largest absolute Gasteiger partial charge is 0.316 e. The van der Waals surface area contributed by atoms with Crippen molar-refractivity contribution in [2.24, 2.45) is 0 Å². The molecule has 0 bridgehead atoms. The quantitative estimate of drug-likeness (QED) is 0.558. The van der Waals surface area contributed by atoms with E-state index in [0.717, 1.165) is 10.0 Å². The molecule has 0 saturated heterocycles. The lowest BCUT2D eigenvalue weighted by molar-refractivity contribution is 1.13. The van der Waals surface area contributed by atoms with Gasteiger partial charge in [-0.2, -0.15) is 0 Å². The summed E-state index contributed by atoms with van der Waals surface area (Å²) < 4.78 is 0.623. The minimum Gasteiger partial charge on any atom is -0.316 e. The molecule has 1 aromatic heterocycles. The van der Waals surface area contributed by atoms with Gasteiger partial charge in [0.2, 0.25) is 0 Å².